The number of halogens is 1. The van der Waals surface area contributed by atoms with E-state index in [9.17, 15) is 9.59 Å². The Kier molecular flexibility index (Phi) is 7.36. The van der Waals surface area contributed by atoms with Gasteiger partial charge in [0.15, 0.2) is 0 Å². The number of hydrogen-bond acceptors (Lipinski definition) is 4. The topological polar surface area (TPSA) is 67.4 Å². The van der Waals surface area contributed by atoms with E-state index in [0.717, 1.165) is 11.3 Å². The summed E-state index contributed by atoms with van der Waals surface area (Å²) in [7, 11) is 1.52. The Labute approximate surface area is 162 Å². The Hall–Kier alpha value is -2.18. The van der Waals surface area contributed by atoms with Crippen LogP contribution in [0.1, 0.15) is 12.5 Å². The smallest absolute Gasteiger partial charge is 0.237 e. The van der Waals surface area contributed by atoms with Crippen molar-refractivity contribution in [1.29, 1.82) is 0 Å². The second-order valence-corrected chi connectivity index (χ2v) is 7.47. The molecule has 2 rings (SSSR count). The lowest BCUT2D eigenvalue weighted by molar-refractivity contribution is -0.115. The monoisotopic (exact) mass is 392 g/mol. The van der Waals surface area contributed by atoms with Gasteiger partial charge in [-0.2, -0.15) is 0 Å². The normalized spacial score (nSPS) is 11.5. The first-order valence-corrected chi connectivity index (χ1v) is 9.44. The van der Waals surface area contributed by atoms with Crippen LogP contribution in [0.3, 0.4) is 0 Å². The Balaban J connectivity index is 1.86. The highest BCUT2D eigenvalue weighted by atomic mass is 35.5. The molecule has 0 bridgehead atoms. The summed E-state index contributed by atoms with van der Waals surface area (Å²) >= 11 is 7.22. The number of hydrogen-bond donors (Lipinski definition) is 2. The Morgan fingerprint density at radius 1 is 1.15 bits per heavy atom. The molecule has 138 valence electrons. The van der Waals surface area contributed by atoms with Crippen molar-refractivity contribution < 1.29 is 14.3 Å². The minimum absolute atomic E-state index is 0.154. The van der Waals surface area contributed by atoms with Gasteiger partial charge in [-0.05, 0) is 44.2 Å². The predicted molar refractivity (Wildman–Crippen MR) is 108 cm³/mol. The molecule has 0 radical (unpaired) electrons. The van der Waals surface area contributed by atoms with Gasteiger partial charge in [-0.15, -0.1) is 11.8 Å². The summed E-state index contributed by atoms with van der Waals surface area (Å²) in [5.41, 5.74) is 2.36. The maximum atomic E-state index is 12.3. The van der Waals surface area contributed by atoms with E-state index in [4.69, 9.17) is 16.3 Å². The zero-order chi connectivity index (χ0) is 19.1. The molecule has 0 saturated heterocycles. The standard InChI is InChI=1S/C19H21ClN2O3S/c1-12-4-7-15(8-5-12)21-18(23)11-26-13(2)19(24)22-16-10-14(20)6-9-17(16)25-3/h4-10,13H,11H2,1-3H3,(H,21,23)(H,22,24). The average molecular weight is 393 g/mol. The molecule has 2 aromatic rings. The first kappa shape index (κ1) is 20.1. The number of methoxy groups -OCH3 is 1. The lowest BCUT2D eigenvalue weighted by atomic mass is 10.2. The third kappa shape index (κ3) is 5.97. The summed E-state index contributed by atoms with van der Waals surface area (Å²) in [5, 5.41) is 5.68. The fourth-order valence-electron chi connectivity index (χ4n) is 2.12. The van der Waals surface area contributed by atoms with Crippen LogP contribution in [-0.4, -0.2) is 29.9 Å². The molecule has 2 amide bonds. The van der Waals surface area contributed by atoms with Crippen LogP contribution in [0.15, 0.2) is 42.5 Å². The minimum Gasteiger partial charge on any atom is -0.495 e. The highest BCUT2D eigenvalue weighted by Crippen LogP contribution is 2.28. The van der Waals surface area contributed by atoms with Crippen LogP contribution in [0.4, 0.5) is 11.4 Å². The van der Waals surface area contributed by atoms with E-state index in [-0.39, 0.29) is 17.6 Å². The molecule has 1 atom stereocenters. The highest BCUT2D eigenvalue weighted by molar-refractivity contribution is 8.01. The van der Waals surface area contributed by atoms with Gasteiger partial charge in [0.05, 0.1) is 23.8 Å². The molecule has 0 heterocycles. The second-order valence-electron chi connectivity index (χ2n) is 5.70. The minimum atomic E-state index is -0.414. The summed E-state index contributed by atoms with van der Waals surface area (Å²) in [5.74, 6) is 0.324. The molecule has 0 fully saturated rings. The number of carbonyl (C=O) groups excluding carboxylic acids is 2. The van der Waals surface area contributed by atoms with Crippen molar-refractivity contribution in [3.8, 4) is 5.75 Å². The van der Waals surface area contributed by atoms with Crippen molar-refractivity contribution in [3.05, 3.63) is 53.1 Å². The van der Waals surface area contributed by atoms with Crippen molar-refractivity contribution in [3.63, 3.8) is 0 Å². The molecule has 2 aromatic carbocycles. The summed E-state index contributed by atoms with van der Waals surface area (Å²) < 4.78 is 5.21. The number of amides is 2. The van der Waals surface area contributed by atoms with Crippen LogP contribution in [0.2, 0.25) is 5.02 Å². The van der Waals surface area contributed by atoms with Gasteiger partial charge < -0.3 is 15.4 Å². The summed E-state index contributed by atoms with van der Waals surface area (Å²) in [6.45, 7) is 3.73. The van der Waals surface area contributed by atoms with Gasteiger partial charge in [0.2, 0.25) is 11.8 Å². The van der Waals surface area contributed by atoms with E-state index >= 15 is 0 Å². The van der Waals surface area contributed by atoms with E-state index in [1.807, 2.05) is 31.2 Å². The maximum absolute atomic E-state index is 12.3. The second kappa shape index (κ2) is 9.50. The quantitative estimate of drug-likeness (QED) is 0.734. The molecule has 7 heteroatoms. The van der Waals surface area contributed by atoms with Gasteiger partial charge in [-0.1, -0.05) is 29.3 Å². The van der Waals surface area contributed by atoms with Crippen LogP contribution in [0.25, 0.3) is 0 Å². The Morgan fingerprint density at radius 2 is 1.85 bits per heavy atom. The van der Waals surface area contributed by atoms with Crippen LogP contribution in [0.5, 0.6) is 5.75 Å². The van der Waals surface area contributed by atoms with Crippen LogP contribution >= 0.6 is 23.4 Å². The summed E-state index contributed by atoms with van der Waals surface area (Å²) in [6, 6.07) is 12.5. The van der Waals surface area contributed by atoms with Gasteiger partial charge >= 0.3 is 0 Å². The number of aryl methyl sites for hydroxylation is 1. The molecule has 0 aliphatic carbocycles. The van der Waals surface area contributed by atoms with Crippen molar-refractivity contribution in [2.24, 2.45) is 0 Å². The first-order chi connectivity index (χ1) is 12.4. The van der Waals surface area contributed by atoms with Crippen LogP contribution in [0, 0.1) is 6.92 Å². The molecular formula is C19H21ClN2O3S. The van der Waals surface area contributed by atoms with Gasteiger partial charge in [-0.3, -0.25) is 9.59 Å². The summed E-state index contributed by atoms with van der Waals surface area (Å²) in [4.78, 5) is 24.4. The van der Waals surface area contributed by atoms with Crippen molar-refractivity contribution >= 4 is 46.6 Å². The third-order valence-electron chi connectivity index (χ3n) is 3.59. The Morgan fingerprint density at radius 3 is 2.50 bits per heavy atom. The molecular weight excluding hydrogens is 372 g/mol. The van der Waals surface area contributed by atoms with Gasteiger partial charge in [0.1, 0.15) is 5.75 Å². The SMILES string of the molecule is COc1ccc(Cl)cc1NC(=O)C(C)SCC(=O)Nc1ccc(C)cc1. The molecule has 0 aromatic heterocycles. The number of thioether (sulfide) groups is 1. The zero-order valence-corrected chi connectivity index (χ0v) is 16.4. The summed E-state index contributed by atoms with van der Waals surface area (Å²) in [6.07, 6.45) is 0. The molecule has 0 aliphatic rings. The van der Waals surface area contributed by atoms with E-state index in [2.05, 4.69) is 10.6 Å². The lowest BCUT2D eigenvalue weighted by Crippen LogP contribution is -2.25. The molecule has 2 N–H and O–H groups in total. The average Bonchev–Trinajstić information content (AvgIpc) is 2.61. The highest BCUT2D eigenvalue weighted by Gasteiger charge is 2.17. The maximum Gasteiger partial charge on any atom is 0.237 e. The number of anilines is 2. The van der Waals surface area contributed by atoms with Gasteiger partial charge in [-0.25, -0.2) is 0 Å². The number of nitrogens with one attached hydrogen (secondary N) is 2. The number of ether oxygens (including phenoxy) is 1. The fourth-order valence-corrected chi connectivity index (χ4v) is 2.98. The predicted octanol–water partition coefficient (Wildman–Crippen LogP) is 4.36. The van der Waals surface area contributed by atoms with E-state index in [1.165, 1.54) is 18.9 Å². The van der Waals surface area contributed by atoms with E-state index in [1.54, 1.807) is 25.1 Å². The fraction of sp³-hybridized carbons (Fsp3) is 0.263. The van der Waals surface area contributed by atoms with Crippen molar-refractivity contribution in [2.75, 3.05) is 23.5 Å². The Bertz CT molecular complexity index is 781. The van der Waals surface area contributed by atoms with Crippen molar-refractivity contribution in [1.82, 2.24) is 0 Å². The van der Waals surface area contributed by atoms with Crippen molar-refractivity contribution in [2.45, 2.75) is 19.1 Å². The lowest BCUT2D eigenvalue weighted by Gasteiger charge is -2.14. The molecule has 26 heavy (non-hydrogen) atoms. The van der Waals surface area contributed by atoms with Crippen LogP contribution < -0.4 is 15.4 Å². The largest absolute Gasteiger partial charge is 0.495 e. The molecule has 0 aliphatic heterocycles. The first-order valence-electron chi connectivity index (χ1n) is 8.01. The third-order valence-corrected chi connectivity index (χ3v) is 4.97. The van der Waals surface area contributed by atoms with Crippen LogP contribution in [-0.2, 0) is 9.59 Å². The molecule has 5 nitrogen and oxygen atoms in total. The zero-order valence-electron chi connectivity index (χ0n) is 14.8. The molecule has 0 spiro atoms. The van der Waals surface area contributed by atoms with Gasteiger partial charge in [0, 0.05) is 10.7 Å². The number of benzene rings is 2. The van der Waals surface area contributed by atoms with Gasteiger partial charge in [0.25, 0.3) is 0 Å². The number of carbonyl (C=O) groups is 2. The van der Waals surface area contributed by atoms with E-state index in [0.29, 0.717) is 16.5 Å². The number of rotatable bonds is 7. The molecule has 1 unspecified atom stereocenters. The van der Waals surface area contributed by atoms with E-state index < -0.39 is 5.25 Å². The molecule has 0 saturated carbocycles.